The molecule has 4 rings (SSSR count). The summed E-state index contributed by atoms with van der Waals surface area (Å²) in [4.78, 5) is 29.1. The molecule has 0 aromatic carbocycles. The molecular weight excluding hydrogens is 374 g/mol. The molecule has 0 spiro atoms. The van der Waals surface area contributed by atoms with Crippen LogP contribution in [-0.2, 0) is 10.3 Å². The van der Waals surface area contributed by atoms with Gasteiger partial charge in [0.1, 0.15) is 0 Å². The normalized spacial score (nSPS) is 14.5. The van der Waals surface area contributed by atoms with Gasteiger partial charge in [0.2, 0.25) is 0 Å². The zero-order valence-corrected chi connectivity index (χ0v) is 16.8. The molecule has 1 fully saturated rings. The number of aromatic nitrogens is 4. The minimum Gasteiger partial charge on any atom is -0.479 e. The number of fused-ring (bicyclic) bond motifs is 1. The van der Waals surface area contributed by atoms with Crippen molar-refractivity contribution in [2.45, 2.75) is 57.9 Å². The molecule has 0 radical (unpaired) electrons. The zero-order valence-electron chi connectivity index (χ0n) is 16.8. The summed E-state index contributed by atoms with van der Waals surface area (Å²) in [6.07, 6.45) is 5.02. The van der Waals surface area contributed by atoms with Gasteiger partial charge in [-0.15, -0.1) is 0 Å². The summed E-state index contributed by atoms with van der Waals surface area (Å²) < 4.78 is 6.73. The van der Waals surface area contributed by atoms with Gasteiger partial charge >= 0.3 is 5.97 Å². The first kappa shape index (κ1) is 19.1. The predicted molar refractivity (Wildman–Crippen MR) is 105 cm³/mol. The molecule has 9 heteroatoms. The largest absolute Gasteiger partial charge is 0.479 e. The van der Waals surface area contributed by atoms with Crippen molar-refractivity contribution >= 4 is 28.7 Å². The van der Waals surface area contributed by atoms with Gasteiger partial charge in [-0.05, 0) is 38.7 Å². The number of pyridine rings is 1. The number of hydrogen-bond donors (Lipinski definition) is 2. The van der Waals surface area contributed by atoms with E-state index in [1.807, 2.05) is 19.9 Å². The molecule has 9 nitrogen and oxygen atoms in total. The van der Waals surface area contributed by atoms with E-state index in [1.165, 1.54) is 30.9 Å². The summed E-state index contributed by atoms with van der Waals surface area (Å²) in [6, 6.07) is 1.81. The number of aliphatic carboxylic acids is 1. The van der Waals surface area contributed by atoms with Crippen molar-refractivity contribution < 1.29 is 19.2 Å². The molecule has 152 valence electrons. The second-order valence-corrected chi connectivity index (χ2v) is 8.26. The lowest BCUT2D eigenvalue weighted by Crippen LogP contribution is -2.35. The fourth-order valence-corrected chi connectivity index (χ4v) is 3.14. The Morgan fingerprint density at radius 2 is 2.07 bits per heavy atom. The quantitative estimate of drug-likeness (QED) is 0.652. The third-order valence-electron chi connectivity index (χ3n) is 5.22. The molecule has 0 aliphatic heterocycles. The molecule has 0 unspecified atom stereocenters. The number of carboxylic acids is 1. The average Bonchev–Trinajstić information content (AvgIpc) is 3.24. The van der Waals surface area contributed by atoms with Gasteiger partial charge in [-0.1, -0.05) is 19.0 Å². The standard InChI is InChI=1S/C20H23N5O4/c1-10(2)16-15-13(7-14(11-5-6-11)23-18(15)29-24-16)17(26)22-12-8-21-25(9-12)20(3,4)19(27)28/h7-11H,5-6H2,1-4H3,(H,22,26)(H,27,28). The van der Waals surface area contributed by atoms with Crippen molar-refractivity contribution in [1.29, 1.82) is 0 Å². The van der Waals surface area contributed by atoms with Crippen molar-refractivity contribution in [2.24, 2.45) is 0 Å². The Morgan fingerprint density at radius 1 is 1.34 bits per heavy atom. The Morgan fingerprint density at radius 3 is 2.69 bits per heavy atom. The Balaban J connectivity index is 1.71. The molecule has 3 aromatic rings. The van der Waals surface area contributed by atoms with Crippen LogP contribution in [-0.4, -0.2) is 36.9 Å². The van der Waals surface area contributed by atoms with E-state index in [-0.39, 0.29) is 11.8 Å². The number of hydrogen-bond acceptors (Lipinski definition) is 6. The molecule has 1 aliphatic rings. The van der Waals surface area contributed by atoms with E-state index >= 15 is 0 Å². The lowest BCUT2D eigenvalue weighted by molar-refractivity contribution is -0.146. The monoisotopic (exact) mass is 397 g/mol. The summed E-state index contributed by atoms with van der Waals surface area (Å²) in [5, 5.41) is 21.0. The van der Waals surface area contributed by atoms with Gasteiger partial charge in [0.05, 0.1) is 28.5 Å². The summed E-state index contributed by atoms with van der Waals surface area (Å²) in [7, 11) is 0. The summed E-state index contributed by atoms with van der Waals surface area (Å²) >= 11 is 0. The van der Waals surface area contributed by atoms with Crippen LogP contribution in [0.5, 0.6) is 0 Å². The molecule has 0 saturated heterocycles. The Bertz CT molecular complexity index is 1110. The average molecular weight is 397 g/mol. The van der Waals surface area contributed by atoms with Gasteiger partial charge in [0.15, 0.2) is 5.54 Å². The van der Waals surface area contributed by atoms with Gasteiger partial charge in [0.25, 0.3) is 11.6 Å². The number of nitrogens with one attached hydrogen (secondary N) is 1. The molecule has 1 aliphatic carbocycles. The second-order valence-electron chi connectivity index (χ2n) is 8.26. The molecule has 1 saturated carbocycles. The maximum Gasteiger partial charge on any atom is 0.331 e. The third-order valence-corrected chi connectivity index (χ3v) is 5.22. The minimum absolute atomic E-state index is 0.0653. The van der Waals surface area contributed by atoms with Crippen molar-refractivity contribution in [3.8, 4) is 0 Å². The molecular formula is C20H23N5O4. The zero-order chi connectivity index (χ0) is 20.9. The van der Waals surface area contributed by atoms with E-state index in [4.69, 9.17) is 4.52 Å². The Labute approximate surface area is 167 Å². The van der Waals surface area contributed by atoms with Gasteiger partial charge < -0.3 is 14.9 Å². The lowest BCUT2D eigenvalue weighted by atomic mass is 10.0. The first-order valence-electron chi connectivity index (χ1n) is 9.58. The van der Waals surface area contributed by atoms with Gasteiger partial charge in [0, 0.05) is 17.8 Å². The third kappa shape index (κ3) is 3.37. The van der Waals surface area contributed by atoms with Crippen LogP contribution >= 0.6 is 0 Å². The van der Waals surface area contributed by atoms with Crippen LogP contribution in [0.2, 0.25) is 0 Å². The topological polar surface area (TPSA) is 123 Å². The number of anilines is 1. The van der Waals surface area contributed by atoms with E-state index in [9.17, 15) is 14.7 Å². The first-order chi connectivity index (χ1) is 13.7. The van der Waals surface area contributed by atoms with E-state index < -0.39 is 11.5 Å². The lowest BCUT2D eigenvalue weighted by Gasteiger charge is -2.19. The molecule has 3 aromatic heterocycles. The molecule has 1 amide bonds. The molecule has 0 bridgehead atoms. The van der Waals surface area contributed by atoms with Gasteiger partial charge in [-0.25, -0.2) is 9.78 Å². The van der Waals surface area contributed by atoms with Crippen LogP contribution in [0.15, 0.2) is 23.0 Å². The number of carbonyl (C=O) groups is 2. The van der Waals surface area contributed by atoms with Gasteiger partial charge in [-0.3, -0.25) is 9.48 Å². The highest BCUT2D eigenvalue weighted by Crippen LogP contribution is 2.41. The first-order valence-corrected chi connectivity index (χ1v) is 9.58. The summed E-state index contributed by atoms with van der Waals surface area (Å²) in [5.41, 5.74) is 1.51. The summed E-state index contributed by atoms with van der Waals surface area (Å²) in [5.74, 6) is -0.945. The maximum absolute atomic E-state index is 13.1. The van der Waals surface area contributed by atoms with Crippen LogP contribution < -0.4 is 5.32 Å². The van der Waals surface area contributed by atoms with Crippen LogP contribution in [0.4, 0.5) is 5.69 Å². The second kappa shape index (κ2) is 6.68. The molecule has 0 atom stereocenters. The van der Waals surface area contributed by atoms with Crippen LogP contribution in [0.3, 0.4) is 0 Å². The van der Waals surface area contributed by atoms with Crippen molar-refractivity contribution in [3.05, 3.63) is 35.4 Å². The number of amides is 1. The van der Waals surface area contributed by atoms with Crippen molar-refractivity contribution in [2.75, 3.05) is 5.32 Å². The molecule has 29 heavy (non-hydrogen) atoms. The fourth-order valence-electron chi connectivity index (χ4n) is 3.14. The Kier molecular flexibility index (Phi) is 4.40. The number of carbonyl (C=O) groups excluding carboxylic acids is 1. The van der Waals surface area contributed by atoms with E-state index in [2.05, 4.69) is 20.6 Å². The van der Waals surface area contributed by atoms with Crippen LogP contribution in [0.1, 0.15) is 74.1 Å². The summed E-state index contributed by atoms with van der Waals surface area (Å²) in [6.45, 7) is 7.03. The minimum atomic E-state index is -1.23. The van der Waals surface area contributed by atoms with Crippen LogP contribution in [0.25, 0.3) is 11.1 Å². The van der Waals surface area contributed by atoms with Crippen molar-refractivity contribution in [3.63, 3.8) is 0 Å². The van der Waals surface area contributed by atoms with Crippen molar-refractivity contribution in [1.82, 2.24) is 19.9 Å². The highest BCUT2D eigenvalue weighted by Gasteiger charge is 2.31. The molecule has 3 heterocycles. The van der Waals surface area contributed by atoms with Gasteiger partial charge in [-0.2, -0.15) is 5.10 Å². The van der Waals surface area contributed by atoms with Crippen LogP contribution in [0, 0.1) is 0 Å². The van der Waals surface area contributed by atoms with E-state index in [0.717, 1.165) is 18.5 Å². The highest BCUT2D eigenvalue weighted by atomic mass is 16.5. The number of nitrogens with zero attached hydrogens (tertiary/aromatic N) is 4. The smallest absolute Gasteiger partial charge is 0.331 e. The van der Waals surface area contributed by atoms with E-state index in [1.54, 1.807) is 0 Å². The fraction of sp³-hybridized carbons (Fsp3) is 0.450. The highest BCUT2D eigenvalue weighted by molar-refractivity contribution is 6.12. The number of rotatable bonds is 6. The Hall–Kier alpha value is -3.23. The van der Waals surface area contributed by atoms with E-state index in [0.29, 0.717) is 34.0 Å². The SMILES string of the molecule is CC(C)c1noc2nc(C3CC3)cc(C(=O)Nc3cnn(C(C)(C)C(=O)O)c3)c12. The number of carboxylic acid groups (broad SMARTS) is 1. The maximum atomic E-state index is 13.1. The molecule has 2 N–H and O–H groups in total. The predicted octanol–water partition coefficient (Wildman–Crippen LogP) is 3.49.